The molecule has 1 N–H and O–H groups in total. The van der Waals surface area contributed by atoms with Crippen LogP contribution in [0.3, 0.4) is 0 Å². The molecule has 0 saturated carbocycles. The standard InChI is InChI=1S/C23H20N4O/c1-2-9-26-22(3-1)28-20-6-4-16(5-7-20)18-11-19-14-25-15-27-23(19)21(12-18)17-8-10-24-13-17/h1-7,9,11-12,14-15,17,24H,8,10,13H2. The van der Waals surface area contributed by atoms with E-state index in [2.05, 4.69) is 44.5 Å². The SMILES string of the molecule is c1ccc(Oc2ccc(-c3cc(C4CCNC4)c4ncncc4c3)cc2)nc1. The molecule has 0 aliphatic carbocycles. The van der Waals surface area contributed by atoms with Gasteiger partial charge in [-0.1, -0.05) is 18.2 Å². The summed E-state index contributed by atoms with van der Waals surface area (Å²) in [5.74, 6) is 1.85. The molecule has 1 aliphatic heterocycles. The Bertz CT molecular complexity index is 1090. The fourth-order valence-electron chi connectivity index (χ4n) is 3.77. The maximum atomic E-state index is 5.81. The van der Waals surface area contributed by atoms with Crippen molar-refractivity contribution in [1.82, 2.24) is 20.3 Å². The number of nitrogens with one attached hydrogen (secondary N) is 1. The molecular formula is C23H20N4O. The van der Waals surface area contributed by atoms with Crippen LogP contribution in [0, 0.1) is 0 Å². The van der Waals surface area contributed by atoms with Gasteiger partial charge < -0.3 is 10.1 Å². The van der Waals surface area contributed by atoms with Crippen LogP contribution in [-0.4, -0.2) is 28.0 Å². The van der Waals surface area contributed by atoms with Crippen LogP contribution in [0.25, 0.3) is 22.0 Å². The van der Waals surface area contributed by atoms with Crippen LogP contribution in [0.4, 0.5) is 0 Å². The predicted octanol–water partition coefficient (Wildman–Crippen LogP) is 4.56. The molecule has 1 fully saturated rings. The number of pyridine rings is 1. The number of fused-ring (bicyclic) bond motifs is 1. The monoisotopic (exact) mass is 368 g/mol. The van der Waals surface area contributed by atoms with Crippen molar-refractivity contribution in [3.8, 4) is 22.8 Å². The second kappa shape index (κ2) is 7.37. The molecule has 28 heavy (non-hydrogen) atoms. The topological polar surface area (TPSA) is 59.9 Å². The number of nitrogens with zero attached hydrogens (tertiary/aromatic N) is 3. The van der Waals surface area contributed by atoms with Gasteiger partial charge >= 0.3 is 0 Å². The van der Waals surface area contributed by atoms with E-state index in [4.69, 9.17) is 4.74 Å². The van der Waals surface area contributed by atoms with E-state index < -0.39 is 0 Å². The summed E-state index contributed by atoms with van der Waals surface area (Å²) >= 11 is 0. The van der Waals surface area contributed by atoms with E-state index in [1.807, 2.05) is 36.5 Å². The Morgan fingerprint density at radius 2 is 1.89 bits per heavy atom. The lowest BCUT2D eigenvalue weighted by Gasteiger charge is -2.14. The Labute approximate surface area is 163 Å². The Hall–Kier alpha value is -3.31. The summed E-state index contributed by atoms with van der Waals surface area (Å²) in [6.07, 6.45) is 6.40. The second-order valence-corrected chi connectivity index (χ2v) is 7.01. The van der Waals surface area contributed by atoms with E-state index in [0.717, 1.165) is 41.7 Å². The van der Waals surface area contributed by atoms with E-state index in [-0.39, 0.29) is 0 Å². The van der Waals surface area contributed by atoms with Crippen LogP contribution in [0.15, 0.2) is 73.3 Å². The number of rotatable bonds is 4. The molecule has 0 bridgehead atoms. The van der Waals surface area contributed by atoms with Gasteiger partial charge in [-0.25, -0.2) is 15.0 Å². The van der Waals surface area contributed by atoms with Crippen molar-refractivity contribution in [1.29, 1.82) is 0 Å². The van der Waals surface area contributed by atoms with Gasteiger partial charge in [-0.2, -0.15) is 0 Å². The fraction of sp³-hybridized carbons (Fsp3) is 0.174. The highest BCUT2D eigenvalue weighted by atomic mass is 16.5. The third-order valence-electron chi connectivity index (χ3n) is 5.18. The van der Waals surface area contributed by atoms with Crippen molar-refractivity contribution in [3.05, 3.63) is 78.9 Å². The fourth-order valence-corrected chi connectivity index (χ4v) is 3.77. The summed E-state index contributed by atoms with van der Waals surface area (Å²) in [6.45, 7) is 2.06. The van der Waals surface area contributed by atoms with Gasteiger partial charge in [0.05, 0.1) is 5.52 Å². The lowest BCUT2D eigenvalue weighted by Crippen LogP contribution is -2.08. The number of hydrogen-bond acceptors (Lipinski definition) is 5. The number of aromatic nitrogens is 3. The summed E-state index contributed by atoms with van der Waals surface area (Å²) in [7, 11) is 0. The zero-order valence-electron chi connectivity index (χ0n) is 15.4. The van der Waals surface area contributed by atoms with Gasteiger partial charge in [-0.3, -0.25) is 0 Å². The Morgan fingerprint density at radius 1 is 0.964 bits per heavy atom. The first-order valence-corrected chi connectivity index (χ1v) is 9.50. The van der Waals surface area contributed by atoms with Crippen molar-refractivity contribution in [2.75, 3.05) is 13.1 Å². The van der Waals surface area contributed by atoms with E-state index in [1.54, 1.807) is 12.5 Å². The molecule has 1 saturated heterocycles. The first-order chi connectivity index (χ1) is 13.9. The van der Waals surface area contributed by atoms with Crippen molar-refractivity contribution >= 4 is 10.9 Å². The number of benzene rings is 2. The van der Waals surface area contributed by atoms with Gasteiger partial charge in [0.15, 0.2) is 0 Å². The molecule has 5 rings (SSSR count). The predicted molar refractivity (Wildman–Crippen MR) is 110 cm³/mol. The molecule has 0 radical (unpaired) electrons. The van der Waals surface area contributed by atoms with Gasteiger partial charge in [0.1, 0.15) is 12.1 Å². The first-order valence-electron chi connectivity index (χ1n) is 9.50. The number of hydrogen-bond donors (Lipinski definition) is 1. The Morgan fingerprint density at radius 3 is 2.68 bits per heavy atom. The normalized spacial score (nSPS) is 16.4. The molecule has 1 atom stereocenters. The molecule has 2 aromatic heterocycles. The van der Waals surface area contributed by atoms with E-state index >= 15 is 0 Å². The van der Waals surface area contributed by atoms with Crippen LogP contribution in [0.5, 0.6) is 11.6 Å². The summed E-state index contributed by atoms with van der Waals surface area (Å²) < 4.78 is 5.81. The average molecular weight is 368 g/mol. The minimum absolute atomic E-state index is 0.490. The van der Waals surface area contributed by atoms with Gasteiger partial charge in [-0.15, -0.1) is 0 Å². The van der Waals surface area contributed by atoms with Crippen molar-refractivity contribution < 1.29 is 4.74 Å². The van der Waals surface area contributed by atoms with Crippen LogP contribution in [-0.2, 0) is 0 Å². The minimum Gasteiger partial charge on any atom is -0.439 e. The zero-order valence-corrected chi connectivity index (χ0v) is 15.4. The Kier molecular flexibility index (Phi) is 4.43. The molecule has 138 valence electrons. The van der Waals surface area contributed by atoms with E-state index in [9.17, 15) is 0 Å². The first kappa shape index (κ1) is 16.8. The van der Waals surface area contributed by atoms with E-state index in [0.29, 0.717) is 11.8 Å². The van der Waals surface area contributed by atoms with Gasteiger partial charge in [0, 0.05) is 30.4 Å². The quantitative estimate of drug-likeness (QED) is 0.572. The Balaban J connectivity index is 1.50. The third-order valence-corrected chi connectivity index (χ3v) is 5.18. The lowest BCUT2D eigenvalue weighted by molar-refractivity contribution is 0.463. The molecule has 0 amide bonds. The van der Waals surface area contributed by atoms with Crippen LogP contribution < -0.4 is 10.1 Å². The molecule has 3 heterocycles. The number of ether oxygens (including phenoxy) is 1. The highest BCUT2D eigenvalue weighted by Crippen LogP contribution is 2.34. The maximum absolute atomic E-state index is 5.81. The van der Waals surface area contributed by atoms with Crippen LogP contribution in [0.2, 0.25) is 0 Å². The lowest BCUT2D eigenvalue weighted by atomic mass is 9.92. The van der Waals surface area contributed by atoms with Crippen LogP contribution in [0.1, 0.15) is 17.9 Å². The third kappa shape index (κ3) is 3.32. The molecular weight excluding hydrogens is 348 g/mol. The van der Waals surface area contributed by atoms with Crippen molar-refractivity contribution in [2.45, 2.75) is 12.3 Å². The molecule has 0 spiro atoms. The van der Waals surface area contributed by atoms with Gasteiger partial charge in [0.2, 0.25) is 5.88 Å². The molecule has 2 aromatic carbocycles. The highest BCUT2D eigenvalue weighted by Gasteiger charge is 2.20. The maximum Gasteiger partial charge on any atom is 0.219 e. The largest absolute Gasteiger partial charge is 0.439 e. The highest BCUT2D eigenvalue weighted by molar-refractivity contribution is 5.87. The van der Waals surface area contributed by atoms with Gasteiger partial charge in [0.25, 0.3) is 0 Å². The van der Waals surface area contributed by atoms with Crippen molar-refractivity contribution in [3.63, 3.8) is 0 Å². The van der Waals surface area contributed by atoms with Crippen LogP contribution >= 0.6 is 0 Å². The van der Waals surface area contributed by atoms with Crippen molar-refractivity contribution in [2.24, 2.45) is 0 Å². The van der Waals surface area contributed by atoms with Gasteiger partial charge in [-0.05, 0) is 65.9 Å². The zero-order chi connectivity index (χ0) is 18.8. The second-order valence-electron chi connectivity index (χ2n) is 7.01. The van der Waals surface area contributed by atoms with E-state index in [1.165, 1.54) is 11.1 Å². The smallest absolute Gasteiger partial charge is 0.219 e. The summed E-state index contributed by atoms with van der Waals surface area (Å²) in [4.78, 5) is 13.0. The summed E-state index contributed by atoms with van der Waals surface area (Å²) in [5, 5.41) is 4.54. The molecule has 5 heteroatoms. The molecule has 4 aromatic rings. The summed E-state index contributed by atoms with van der Waals surface area (Å²) in [5.41, 5.74) is 4.68. The molecule has 5 nitrogen and oxygen atoms in total. The summed E-state index contributed by atoms with van der Waals surface area (Å²) in [6, 6.07) is 18.2. The average Bonchev–Trinajstić information content (AvgIpc) is 3.29. The molecule has 1 unspecified atom stereocenters. The minimum atomic E-state index is 0.490. The molecule has 1 aliphatic rings.